The summed E-state index contributed by atoms with van der Waals surface area (Å²) < 4.78 is 32.6. The highest BCUT2D eigenvalue weighted by Crippen LogP contribution is 2.27. The second-order valence-corrected chi connectivity index (χ2v) is 8.93. The first-order valence-corrected chi connectivity index (χ1v) is 11.1. The van der Waals surface area contributed by atoms with Gasteiger partial charge in [0.05, 0.1) is 10.6 Å². The summed E-state index contributed by atoms with van der Waals surface area (Å²) in [7, 11) is -3.75. The molecule has 0 aromatic heterocycles. The summed E-state index contributed by atoms with van der Waals surface area (Å²) in [5.74, 6) is -0.599. The van der Waals surface area contributed by atoms with Gasteiger partial charge >= 0.3 is 5.97 Å². The molecule has 1 aliphatic carbocycles. The van der Waals surface area contributed by atoms with Gasteiger partial charge in [-0.3, -0.25) is 0 Å². The molecule has 2 aromatic carbocycles. The Balaban J connectivity index is 1.71. The minimum absolute atomic E-state index is 0.0454. The van der Waals surface area contributed by atoms with E-state index in [-0.39, 0.29) is 28.1 Å². The number of sulfonamides is 1. The molecule has 0 saturated heterocycles. The maximum absolute atomic E-state index is 12.4. The van der Waals surface area contributed by atoms with Crippen LogP contribution in [0, 0.1) is 0 Å². The fraction of sp³-hybridized carbons (Fsp3) is 0.278. The van der Waals surface area contributed by atoms with Crippen LogP contribution in [0.2, 0.25) is 5.02 Å². The van der Waals surface area contributed by atoms with Gasteiger partial charge in [0.15, 0.2) is 0 Å². The molecular formula is C18H18ClNO4S2. The Hall–Kier alpha value is -1.54. The van der Waals surface area contributed by atoms with E-state index in [0.29, 0.717) is 0 Å². The van der Waals surface area contributed by atoms with Gasteiger partial charge in [0.1, 0.15) is 11.5 Å². The Labute approximate surface area is 162 Å². The van der Waals surface area contributed by atoms with E-state index in [0.717, 1.165) is 23.3 Å². The number of hydrogen-bond acceptors (Lipinski definition) is 5. The zero-order valence-electron chi connectivity index (χ0n) is 14.1. The average molecular weight is 412 g/mol. The number of rotatable bonds is 7. The first kappa shape index (κ1) is 19.2. The number of carbonyl (C=O) groups excluding carboxylic acids is 1. The fourth-order valence-electron chi connectivity index (χ4n) is 2.27. The summed E-state index contributed by atoms with van der Waals surface area (Å²) in [6.45, 7) is 0.110. The lowest BCUT2D eigenvalue weighted by atomic mass is 10.2. The molecule has 0 spiro atoms. The molecule has 26 heavy (non-hydrogen) atoms. The van der Waals surface area contributed by atoms with Gasteiger partial charge in [0.25, 0.3) is 0 Å². The molecule has 5 nitrogen and oxygen atoms in total. The van der Waals surface area contributed by atoms with E-state index in [9.17, 15) is 13.2 Å². The molecule has 1 N–H and O–H groups in total. The van der Waals surface area contributed by atoms with E-state index in [4.69, 9.17) is 16.3 Å². The molecule has 1 aliphatic rings. The lowest BCUT2D eigenvalue weighted by Crippen LogP contribution is -2.26. The number of halogens is 1. The smallest absolute Gasteiger partial charge is 0.338 e. The number of carbonyl (C=O) groups is 1. The number of ether oxygens (including phenoxy) is 1. The maximum atomic E-state index is 12.4. The van der Waals surface area contributed by atoms with Crippen LogP contribution < -0.4 is 4.72 Å². The second-order valence-electron chi connectivity index (χ2n) is 5.96. The van der Waals surface area contributed by atoms with Crippen molar-refractivity contribution >= 4 is 39.4 Å². The Morgan fingerprint density at radius 1 is 1.23 bits per heavy atom. The van der Waals surface area contributed by atoms with Crippen LogP contribution in [0.5, 0.6) is 0 Å². The van der Waals surface area contributed by atoms with Gasteiger partial charge in [-0.15, -0.1) is 11.8 Å². The van der Waals surface area contributed by atoms with Crippen LogP contribution in [-0.4, -0.2) is 26.7 Å². The average Bonchev–Trinajstić information content (AvgIpc) is 3.43. The highest BCUT2D eigenvalue weighted by Gasteiger charge is 2.29. The molecular weight excluding hydrogens is 394 g/mol. The molecule has 0 aliphatic heterocycles. The lowest BCUT2D eigenvalue weighted by Gasteiger charge is -2.10. The summed E-state index contributed by atoms with van der Waals surface area (Å²) in [6.07, 6.45) is 3.61. The molecule has 0 amide bonds. The van der Waals surface area contributed by atoms with Crippen molar-refractivity contribution in [2.24, 2.45) is 0 Å². The van der Waals surface area contributed by atoms with Crippen LogP contribution in [0.1, 0.15) is 28.8 Å². The summed E-state index contributed by atoms with van der Waals surface area (Å²) in [6, 6.07) is 11.7. The van der Waals surface area contributed by atoms with Crippen molar-refractivity contribution in [1.29, 1.82) is 0 Å². The SMILES string of the molecule is CSc1ccc(COC(=O)c2ccc(Cl)c(S(=O)(=O)NC3CC3)c2)cc1. The van der Waals surface area contributed by atoms with E-state index in [1.54, 1.807) is 11.8 Å². The van der Waals surface area contributed by atoms with E-state index >= 15 is 0 Å². The van der Waals surface area contributed by atoms with E-state index < -0.39 is 16.0 Å². The molecule has 0 heterocycles. The fourth-order valence-corrected chi connectivity index (χ4v) is 4.51. The van der Waals surface area contributed by atoms with Crippen molar-refractivity contribution in [3.8, 4) is 0 Å². The zero-order valence-corrected chi connectivity index (χ0v) is 16.5. The van der Waals surface area contributed by atoms with E-state index in [1.807, 2.05) is 30.5 Å². The molecule has 0 unspecified atom stereocenters. The normalized spacial score (nSPS) is 14.2. The van der Waals surface area contributed by atoms with Gasteiger partial charge < -0.3 is 4.74 Å². The van der Waals surface area contributed by atoms with Gasteiger partial charge in [-0.2, -0.15) is 0 Å². The zero-order chi connectivity index (χ0) is 18.7. The third-order valence-electron chi connectivity index (χ3n) is 3.88. The summed E-state index contributed by atoms with van der Waals surface area (Å²) in [5, 5.41) is 0.0716. The molecule has 1 saturated carbocycles. The monoisotopic (exact) mass is 411 g/mol. The Kier molecular flexibility index (Phi) is 5.92. The predicted molar refractivity (Wildman–Crippen MR) is 102 cm³/mol. The number of nitrogens with one attached hydrogen (secondary N) is 1. The van der Waals surface area contributed by atoms with Crippen molar-refractivity contribution in [3.63, 3.8) is 0 Å². The quantitative estimate of drug-likeness (QED) is 0.553. The molecule has 0 radical (unpaired) electrons. The summed E-state index contributed by atoms with van der Waals surface area (Å²) in [4.78, 5) is 13.3. The molecule has 0 bridgehead atoms. The molecule has 1 fully saturated rings. The minimum Gasteiger partial charge on any atom is -0.457 e. The largest absolute Gasteiger partial charge is 0.457 e. The summed E-state index contributed by atoms with van der Waals surface area (Å²) in [5.41, 5.74) is 1.000. The van der Waals surface area contributed by atoms with Crippen LogP contribution in [0.25, 0.3) is 0 Å². The summed E-state index contributed by atoms with van der Waals surface area (Å²) >= 11 is 7.65. The van der Waals surface area contributed by atoms with Crippen LogP contribution in [-0.2, 0) is 21.4 Å². The van der Waals surface area contributed by atoms with Gasteiger partial charge in [0, 0.05) is 10.9 Å². The number of thioether (sulfide) groups is 1. The molecule has 8 heteroatoms. The van der Waals surface area contributed by atoms with Crippen molar-refractivity contribution in [3.05, 3.63) is 58.6 Å². The number of esters is 1. The first-order valence-electron chi connectivity index (χ1n) is 8.01. The van der Waals surface area contributed by atoms with Crippen LogP contribution in [0.15, 0.2) is 52.3 Å². The highest BCUT2D eigenvalue weighted by atomic mass is 35.5. The Bertz CT molecular complexity index is 909. The van der Waals surface area contributed by atoms with Crippen LogP contribution in [0.3, 0.4) is 0 Å². The van der Waals surface area contributed by atoms with Crippen LogP contribution >= 0.6 is 23.4 Å². The molecule has 3 rings (SSSR count). The standard InChI is InChI=1S/C18H18ClNO4S2/c1-25-15-7-2-12(3-8-15)11-24-18(21)13-4-9-16(19)17(10-13)26(22,23)20-14-5-6-14/h2-4,7-10,14,20H,5-6,11H2,1H3. The highest BCUT2D eigenvalue weighted by molar-refractivity contribution is 7.98. The molecule has 2 aromatic rings. The van der Waals surface area contributed by atoms with Crippen molar-refractivity contribution in [1.82, 2.24) is 4.72 Å². The topological polar surface area (TPSA) is 72.5 Å². The van der Waals surface area contributed by atoms with E-state index in [2.05, 4.69) is 4.72 Å². The third-order valence-corrected chi connectivity index (χ3v) is 6.63. The molecule has 138 valence electrons. The van der Waals surface area contributed by atoms with Crippen molar-refractivity contribution < 1.29 is 17.9 Å². The number of benzene rings is 2. The van der Waals surface area contributed by atoms with Crippen LogP contribution in [0.4, 0.5) is 0 Å². The second kappa shape index (κ2) is 8.00. The Morgan fingerprint density at radius 2 is 1.92 bits per heavy atom. The van der Waals surface area contributed by atoms with Gasteiger partial charge in [0.2, 0.25) is 10.0 Å². The molecule has 0 atom stereocenters. The van der Waals surface area contributed by atoms with Gasteiger partial charge in [-0.25, -0.2) is 17.9 Å². The maximum Gasteiger partial charge on any atom is 0.338 e. The number of hydrogen-bond donors (Lipinski definition) is 1. The Morgan fingerprint density at radius 3 is 2.54 bits per heavy atom. The lowest BCUT2D eigenvalue weighted by molar-refractivity contribution is 0.0472. The van der Waals surface area contributed by atoms with Crippen molar-refractivity contribution in [2.45, 2.75) is 35.3 Å². The minimum atomic E-state index is -3.75. The van der Waals surface area contributed by atoms with Gasteiger partial charge in [-0.1, -0.05) is 23.7 Å². The van der Waals surface area contributed by atoms with Crippen molar-refractivity contribution in [2.75, 3.05) is 6.26 Å². The predicted octanol–water partition coefficient (Wildman–Crippen LogP) is 3.86. The first-order chi connectivity index (χ1) is 12.4. The third kappa shape index (κ3) is 4.79. The van der Waals surface area contributed by atoms with Gasteiger partial charge in [-0.05, 0) is 55.0 Å². The van der Waals surface area contributed by atoms with E-state index in [1.165, 1.54) is 18.2 Å².